The average molecular weight is 291 g/mol. The summed E-state index contributed by atoms with van der Waals surface area (Å²) >= 11 is 6.18. The van der Waals surface area contributed by atoms with Gasteiger partial charge in [-0.3, -0.25) is 0 Å². The van der Waals surface area contributed by atoms with E-state index in [1.165, 1.54) is 0 Å². The van der Waals surface area contributed by atoms with E-state index in [0.717, 1.165) is 39.4 Å². The first-order chi connectivity index (χ1) is 9.41. The Balaban J connectivity index is 2.39. The molecule has 0 N–H and O–H groups in total. The fourth-order valence-corrected chi connectivity index (χ4v) is 2.59. The number of halogens is 1. The van der Waals surface area contributed by atoms with Gasteiger partial charge in [-0.25, -0.2) is 0 Å². The molecule has 0 atom stereocenters. The summed E-state index contributed by atoms with van der Waals surface area (Å²) in [6, 6.07) is 0. The second-order valence-electron chi connectivity index (χ2n) is 5.01. The Morgan fingerprint density at radius 2 is 1.60 bits per heavy atom. The lowest BCUT2D eigenvalue weighted by molar-refractivity contribution is 0.503. The minimum atomic E-state index is 0.464. The number of nitrogens with zero attached hydrogens (tertiary/aromatic N) is 4. The van der Waals surface area contributed by atoms with Gasteiger partial charge >= 0.3 is 0 Å². The van der Waals surface area contributed by atoms with Gasteiger partial charge in [-0.2, -0.15) is 9.61 Å². The Bertz CT molecular complexity index is 832. The second kappa shape index (κ2) is 4.31. The van der Waals surface area contributed by atoms with Crippen LogP contribution in [-0.2, 0) is 0 Å². The van der Waals surface area contributed by atoms with E-state index in [1.54, 1.807) is 4.52 Å². The lowest BCUT2D eigenvalue weighted by Gasteiger charge is -2.05. The van der Waals surface area contributed by atoms with E-state index >= 15 is 0 Å². The van der Waals surface area contributed by atoms with E-state index in [-0.39, 0.29) is 0 Å². The van der Waals surface area contributed by atoms with Gasteiger partial charge in [-0.1, -0.05) is 11.6 Å². The Labute approximate surface area is 121 Å². The summed E-state index contributed by atoms with van der Waals surface area (Å²) in [4.78, 5) is 0. The molecule has 0 unspecified atom stereocenters. The first-order valence-electron chi connectivity index (χ1n) is 6.37. The van der Waals surface area contributed by atoms with E-state index in [9.17, 15) is 0 Å². The molecular weight excluding hydrogens is 276 g/mol. The monoisotopic (exact) mass is 290 g/mol. The van der Waals surface area contributed by atoms with Crippen LogP contribution in [0.2, 0.25) is 5.15 Å². The molecule has 0 radical (unpaired) electrons. The Hall–Kier alpha value is -1.88. The van der Waals surface area contributed by atoms with Gasteiger partial charge in [0.25, 0.3) is 0 Å². The number of hydrogen-bond acceptors (Lipinski definition) is 4. The maximum Gasteiger partial charge on any atom is 0.189 e. The number of hydrogen-bond donors (Lipinski definition) is 0. The van der Waals surface area contributed by atoms with Crippen LogP contribution in [0.3, 0.4) is 0 Å². The summed E-state index contributed by atoms with van der Waals surface area (Å²) in [5, 5.41) is 13.4. The largest absolute Gasteiger partial charge is 0.466 e. The molecular formula is C14H15ClN4O. The predicted molar refractivity (Wildman–Crippen MR) is 77.2 cm³/mol. The van der Waals surface area contributed by atoms with Crippen molar-refractivity contribution in [2.75, 3.05) is 0 Å². The van der Waals surface area contributed by atoms with Crippen molar-refractivity contribution >= 4 is 17.2 Å². The highest BCUT2D eigenvalue weighted by Crippen LogP contribution is 2.31. The Kier molecular flexibility index (Phi) is 2.83. The molecule has 0 saturated carbocycles. The molecule has 20 heavy (non-hydrogen) atoms. The smallest absolute Gasteiger partial charge is 0.189 e. The average Bonchev–Trinajstić information content (AvgIpc) is 2.89. The molecule has 0 amide bonds. The molecule has 104 valence electrons. The third-order valence-corrected chi connectivity index (χ3v) is 4.18. The fourth-order valence-electron chi connectivity index (χ4n) is 2.37. The molecule has 0 aliphatic heterocycles. The molecule has 0 aromatic carbocycles. The van der Waals surface area contributed by atoms with Crippen LogP contribution in [-0.4, -0.2) is 19.8 Å². The first kappa shape index (κ1) is 13.1. The van der Waals surface area contributed by atoms with Crippen molar-refractivity contribution in [3.63, 3.8) is 0 Å². The quantitative estimate of drug-likeness (QED) is 0.687. The van der Waals surface area contributed by atoms with Crippen molar-refractivity contribution in [1.29, 1.82) is 0 Å². The van der Waals surface area contributed by atoms with E-state index in [2.05, 4.69) is 15.3 Å². The molecule has 0 spiro atoms. The maximum absolute atomic E-state index is 6.18. The van der Waals surface area contributed by atoms with Gasteiger partial charge in [-0.15, -0.1) is 10.2 Å². The predicted octanol–water partition coefficient (Wildman–Crippen LogP) is 3.58. The number of fused-ring (bicyclic) bond motifs is 1. The zero-order chi connectivity index (χ0) is 14.6. The number of furan rings is 1. The summed E-state index contributed by atoms with van der Waals surface area (Å²) in [7, 11) is 0. The summed E-state index contributed by atoms with van der Waals surface area (Å²) in [6.07, 6.45) is 0. The number of aromatic nitrogens is 4. The van der Waals surface area contributed by atoms with Crippen molar-refractivity contribution in [3.8, 4) is 11.4 Å². The second-order valence-corrected chi connectivity index (χ2v) is 5.37. The first-order valence-corrected chi connectivity index (χ1v) is 6.74. The molecule has 3 aromatic heterocycles. The molecule has 0 bridgehead atoms. The van der Waals surface area contributed by atoms with Gasteiger partial charge in [0.1, 0.15) is 11.5 Å². The molecule has 5 nitrogen and oxygen atoms in total. The molecule has 0 aliphatic carbocycles. The lowest BCUT2D eigenvalue weighted by atomic mass is 10.1. The van der Waals surface area contributed by atoms with Gasteiger partial charge in [0.05, 0.1) is 5.56 Å². The zero-order valence-electron chi connectivity index (χ0n) is 12.1. The number of aryl methyl sites for hydroxylation is 3. The Morgan fingerprint density at radius 1 is 0.900 bits per heavy atom. The third kappa shape index (κ3) is 1.66. The van der Waals surface area contributed by atoms with E-state index in [4.69, 9.17) is 16.0 Å². The topological polar surface area (TPSA) is 56.2 Å². The van der Waals surface area contributed by atoms with Gasteiger partial charge in [-0.05, 0) is 40.2 Å². The van der Waals surface area contributed by atoms with Crippen molar-refractivity contribution in [1.82, 2.24) is 19.8 Å². The molecule has 0 fully saturated rings. The number of rotatable bonds is 1. The van der Waals surface area contributed by atoms with Crippen LogP contribution in [0.25, 0.3) is 17.0 Å². The third-order valence-electron chi connectivity index (χ3n) is 3.82. The van der Waals surface area contributed by atoms with Crippen molar-refractivity contribution in [2.24, 2.45) is 0 Å². The van der Waals surface area contributed by atoms with E-state index in [1.807, 2.05) is 34.6 Å². The van der Waals surface area contributed by atoms with Crippen molar-refractivity contribution in [3.05, 3.63) is 33.4 Å². The minimum absolute atomic E-state index is 0.464. The Morgan fingerprint density at radius 3 is 2.20 bits per heavy atom. The highest BCUT2D eigenvalue weighted by molar-refractivity contribution is 6.30. The molecule has 6 heteroatoms. The van der Waals surface area contributed by atoms with Crippen LogP contribution in [0.15, 0.2) is 4.42 Å². The highest BCUT2D eigenvalue weighted by Gasteiger charge is 2.21. The highest BCUT2D eigenvalue weighted by atomic mass is 35.5. The van der Waals surface area contributed by atoms with Crippen molar-refractivity contribution in [2.45, 2.75) is 34.6 Å². The summed E-state index contributed by atoms with van der Waals surface area (Å²) in [5.41, 5.74) is 4.61. The lowest BCUT2D eigenvalue weighted by Crippen LogP contribution is -2.01. The SMILES string of the molecule is Cc1oc(C)c(-c2nnc3c(C)c(C)c(Cl)nn23)c1C. The fraction of sp³-hybridized carbons (Fsp3) is 0.357. The molecule has 0 aliphatic rings. The van der Waals surface area contributed by atoms with Crippen LogP contribution >= 0.6 is 11.6 Å². The van der Waals surface area contributed by atoms with Crippen LogP contribution < -0.4 is 0 Å². The van der Waals surface area contributed by atoms with E-state index in [0.29, 0.717) is 11.0 Å². The maximum atomic E-state index is 6.18. The zero-order valence-corrected chi connectivity index (χ0v) is 12.8. The summed E-state index contributed by atoms with van der Waals surface area (Å²) in [5.74, 6) is 2.35. The normalized spacial score (nSPS) is 11.5. The molecule has 0 saturated heterocycles. The summed E-state index contributed by atoms with van der Waals surface area (Å²) in [6.45, 7) is 9.75. The van der Waals surface area contributed by atoms with Crippen molar-refractivity contribution < 1.29 is 4.42 Å². The standard InChI is InChI=1S/C14H15ClN4O/c1-6-7(2)13-16-17-14(19(13)18-12(6)15)11-8(3)9(4)20-10(11)5/h1-5H3. The molecule has 3 aromatic rings. The van der Waals surface area contributed by atoms with Crippen LogP contribution in [0.4, 0.5) is 0 Å². The van der Waals surface area contributed by atoms with Gasteiger partial charge in [0, 0.05) is 11.1 Å². The van der Waals surface area contributed by atoms with Crippen LogP contribution in [0, 0.1) is 34.6 Å². The van der Waals surface area contributed by atoms with E-state index < -0.39 is 0 Å². The molecule has 3 rings (SSSR count). The van der Waals surface area contributed by atoms with Gasteiger partial charge in [0.2, 0.25) is 0 Å². The molecule has 3 heterocycles. The summed E-state index contributed by atoms with van der Waals surface area (Å²) < 4.78 is 7.35. The van der Waals surface area contributed by atoms with Crippen LogP contribution in [0.1, 0.15) is 28.2 Å². The van der Waals surface area contributed by atoms with Crippen LogP contribution in [0.5, 0.6) is 0 Å². The minimum Gasteiger partial charge on any atom is -0.466 e. The van der Waals surface area contributed by atoms with Gasteiger partial charge in [0.15, 0.2) is 16.6 Å². The van der Waals surface area contributed by atoms with Gasteiger partial charge < -0.3 is 4.42 Å².